The lowest BCUT2D eigenvalue weighted by Gasteiger charge is -2.37. The average Bonchev–Trinajstić information content (AvgIpc) is 3.12. The second-order valence-electron chi connectivity index (χ2n) is 6.44. The van der Waals surface area contributed by atoms with Crippen LogP contribution in [0.15, 0.2) is 42.6 Å². The van der Waals surface area contributed by atoms with E-state index in [-0.39, 0.29) is 11.7 Å². The Bertz CT molecular complexity index is 781. The standard InChI is InChI=1S/C19H20FN3O3/c20-15-3-1-2-4-16(15)22-14-5-6-17(21-13-14)18(24)23-9-7-19(8-10-23)25-11-12-26-19/h1-6,13,22H,7-12H2. The molecule has 1 aromatic carbocycles. The van der Waals surface area contributed by atoms with Gasteiger partial charge >= 0.3 is 0 Å². The molecule has 136 valence electrons. The fraction of sp³-hybridized carbons (Fsp3) is 0.368. The molecule has 2 saturated heterocycles. The van der Waals surface area contributed by atoms with Gasteiger partial charge < -0.3 is 19.7 Å². The van der Waals surface area contributed by atoms with Crippen molar-refractivity contribution in [2.24, 2.45) is 0 Å². The Balaban J connectivity index is 1.39. The van der Waals surface area contributed by atoms with Crippen LogP contribution in [-0.2, 0) is 9.47 Å². The Hall–Kier alpha value is -2.51. The number of hydrogen-bond acceptors (Lipinski definition) is 5. The quantitative estimate of drug-likeness (QED) is 0.915. The van der Waals surface area contributed by atoms with E-state index in [4.69, 9.17) is 9.47 Å². The molecule has 3 heterocycles. The molecule has 26 heavy (non-hydrogen) atoms. The van der Waals surface area contributed by atoms with Gasteiger partial charge in [-0.3, -0.25) is 4.79 Å². The minimum Gasteiger partial charge on any atom is -0.352 e. The van der Waals surface area contributed by atoms with E-state index in [0.717, 1.165) is 0 Å². The Morgan fingerprint density at radius 1 is 1.12 bits per heavy atom. The molecular formula is C19H20FN3O3. The first-order valence-electron chi connectivity index (χ1n) is 8.70. The third-order valence-electron chi connectivity index (χ3n) is 4.76. The number of amides is 1. The van der Waals surface area contributed by atoms with Crippen molar-refractivity contribution in [3.63, 3.8) is 0 Å². The highest BCUT2D eigenvalue weighted by molar-refractivity contribution is 5.92. The molecule has 7 heteroatoms. The van der Waals surface area contributed by atoms with Crippen molar-refractivity contribution < 1.29 is 18.7 Å². The molecule has 0 bridgehead atoms. The Morgan fingerprint density at radius 3 is 2.50 bits per heavy atom. The number of piperidine rings is 1. The SMILES string of the molecule is O=C(c1ccc(Nc2ccccc2F)cn1)N1CCC2(CC1)OCCO2. The highest BCUT2D eigenvalue weighted by Gasteiger charge is 2.40. The molecule has 0 radical (unpaired) electrons. The number of benzene rings is 1. The molecule has 2 fully saturated rings. The summed E-state index contributed by atoms with van der Waals surface area (Å²) >= 11 is 0. The number of nitrogens with zero attached hydrogens (tertiary/aromatic N) is 2. The largest absolute Gasteiger partial charge is 0.352 e. The molecule has 2 aliphatic rings. The van der Waals surface area contributed by atoms with Gasteiger partial charge in [0.25, 0.3) is 5.91 Å². The smallest absolute Gasteiger partial charge is 0.272 e. The number of nitrogens with one attached hydrogen (secondary N) is 1. The van der Waals surface area contributed by atoms with Crippen molar-refractivity contribution in [1.29, 1.82) is 0 Å². The predicted octanol–water partition coefficient (Wildman–Crippen LogP) is 2.94. The van der Waals surface area contributed by atoms with Crippen LogP contribution >= 0.6 is 0 Å². The third-order valence-corrected chi connectivity index (χ3v) is 4.76. The van der Waals surface area contributed by atoms with Gasteiger partial charge in [-0.25, -0.2) is 9.37 Å². The number of halogens is 1. The van der Waals surface area contributed by atoms with Gasteiger partial charge in [0, 0.05) is 25.9 Å². The number of carbonyl (C=O) groups excluding carboxylic acids is 1. The molecule has 0 atom stereocenters. The van der Waals surface area contributed by atoms with Crippen molar-refractivity contribution in [3.05, 3.63) is 54.1 Å². The minimum absolute atomic E-state index is 0.115. The van der Waals surface area contributed by atoms with Gasteiger partial charge in [0.15, 0.2) is 5.79 Å². The summed E-state index contributed by atoms with van der Waals surface area (Å²) in [5, 5.41) is 2.96. The molecular weight excluding hydrogens is 337 g/mol. The molecule has 6 nitrogen and oxygen atoms in total. The number of ether oxygens (including phenoxy) is 2. The summed E-state index contributed by atoms with van der Waals surface area (Å²) in [6.07, 6.45) is 2.88. The molecule has 0 unspecified atom stereocenters. The Labute approximate surface area is 150 Å². The van der Waals surface area contributed by atoms with Crippen LogP contribution < -0.4 is 5.32 Å². The van der Waals surface area contributed by atoms with Gasteiger partial charge in [-0.15, -0.1) is 0 Å². The maximum Gasteiger partial charge on any atom is 0.272 e. The predicted molar refractivity (Wildman–Crippen MR) is 93.7 cm³/mol. The van der Waals surface area contributed by atoms with Crippen molar-refractivity contribution >= 4 is 17.3 Å². The van der Waals surface area contributed by atoms with Gasteiger partial charge in [-0.2, -0.15) is 0 Å². The number of pyridine rings is 1. The molecule has 4 rings (SSSR count). The molecule has 0 aliphatic carbocycles. The number of aromatic nitrogens is 1. The van der Waals surface area contributed by atoms with Gasteiger partial charge in [0.2, 0.25) is 0 Å². The van der Waals surface area contributed by atoms with Crippen LogP contribution in [0.3, 0.4) is 0 Å². The fourth-order valence-electron chi connectivity index (χ4n) is 3.31. The van der Waals surface area contributed by atoms with Crippen molar-refractivity contribution in [2.45, 2.75) is 18.6 Å². The van der Waals surface area contributed by atoms with E-state index in [0.29, 0.717) is 56.2 Å². The number of hydrogen-bond donors (Lipinski definition) is 1. The number of anilines is 2. The zero-order chi connectivity index (χ0) is 18.0. The first-order valence-corrected chi connectivity index (χ1v) is 8.70. The summed E-state index contributed by atoms with van der Waals surface area (Å²) in [7, 11) is 0. The molecule has 2 aromatic rings. The highest BCUT2D eigenvalue weighted by Crippen LogP contribution is 2.31. The molecule has 0 saturated carbocycles. The lowest BCUT2D eigenvalue weighted by molar-refractivity contribution is -0.181. The van der Waals surface area contributed by atoms with Gasteiger partial charge in [0.05, 0.1) is 30.8 Å². The fourth-order valence-corrected chi connectivity index (χ4v) is 3.31. The second-order valence-corrected chi connectivity index (χ2v) is 6.44. The molecule has 2 aliphatic heterocycles. The van der Waals surface area contributed by atoms with E-state index in [1.165, 1.54) is 12.3 Å². The van der Waals surface area contributed by atoms with Crippen LogP contribution in [0, 0.1) is 5.82 Å². The van der Waals surface area contributed by atoms with E-state index in [9.17, 15) is 9.18 Å². The van der Waals surface area contributed by atoms with E-state index >= 15 is 0 Å². The summed E-state index contributed by atoms with van der Waals surface area (Å²) in [4.78, 5) is 18.6. The lowest BCUT2D eigenvalue weighted by atomic mass is 10.0. The van der Waals surface area contributed by atoms with Crippen molar-refractivity contribution in [1.82, 2.24) is 9.88 Å². The zero-order valence-corrected chi connectivity index (χ0v) is 14.3. The van der Waals surface area contributed by atoms with Crippen LogP contribution in [0.1, 0.15) is 23.3 Å². The van der Waals surface area contributed by atoms with Gasteiger partial charge in [-0.05, 0) is 24.3 Å². The second kappa shape index (κ2) is 7.01. The van der Waals surface area contributed by atoms with Crippen LogP contribution in [0.25, 0.3) is 0 Å². The zero-order valence-electron chi connectivity index (χ0n) is 14.3. The number of likely N-dealkylation sites (tertiary alicyclic amines) is 1. The van der Waals surface area contributed by atoms with E-state index in [1.54, 1.807) is 35.2 Å². The average molecular weight is 357 g/mol. The molecule has 1 amide bonds. The number of para-hydroxylation sites is 1. The summed E-state index contributed by atoms with van der Waals surface area (Å²) in [6.45, 7) is 2.39. The summed E-state index contributed by atoms with van der Waals surface area (Å²) in [5.41, 5.74) is 1.36. The summed E-state index contributed by atoms with van der Waals surface area (Å²) < 4.78 is 25.1. The van der Waals surface area contributed by atoms with E-state index < -0.39 is 5.79 Å². The minimum atomic E-state index is -0.502. The topological polar surface area (TPSA) is 63.7 Å². The third kappa shape index (κ3) is 3.40. The normalized spacial score (nSPS) is 18.9. The number of rotatable bonds is 3. The lowest BCUT2D eigenvalue weighted by Crippen LogP contribution is -2.47. The monoisotopic (exact) mass is 357 g/mol. The van der Waals surface area contributed by atoms with Crippen LogP contribution in [0.2, 0.25) is 0 Å². The van der Waals surface area contributed by atoms with Crippen LogP contribution in [-0.4, -0.2) is 47.9 Å². The molecule has 1 spiro atoms. The first-order chi connectivity index (χ1) is 12.7. The molecule has 1 N–H and O–H groups in total. The van der Waals surface area contributed by atoms with Crippen molar-refractivity contribution in [3.8, 4) is 0 Å². The molecule has 1 aromatic heterocycles. The van der Waals surface area contributed by atoms with Crippen molar-refractivity contribution in [2.75, 3.05) is 31.6 Å². The summed E-state index contributed by atoms with van der Waals surface area (Å²) in [5.74, 6) is -0.959. The van der Waals surface area contributed by atoms with Gasteiger partial charge in [0.1, 0.15) is 11.5 Å². The maximum absolute atomic E-state index is 13.7. The van der Waals surface area contributed by atoms with Gasteiger partial charge in [-0.1, -0.05) is 12.1 Å². The highest BCUT2D eigenvalue weighted by atomic mass is 19.1. The van der Waals surface area contributed by atoms with Crippen LogP contribution in [0.5, 0.6) is 0 Å². The maximum atomic E-state index is 13.7. The Kier molecular flexibility index (Phi) is 4.57. The number of carbonyl (C=O) groups is 1. The summed E-state index contributed by atoms with van der Waals surface area (Å²) in [6, 6.07) is 9.78. The Morgan fingerprint density at radius 2 is 1.85 bits per heavy atom. The van der Waals surface area contributed by atoms with Crippen LogP contribution in [0.4, 0.5) is 15.8 Å². The van der Waals surface area contributed by atoms with E-state index in [1.807, 2.05) is 0 Å². The first kappa shape index (κ1) is 16.9. The van der Waals surface area contributed by atoms with E-state index in [2.05, 4.69) is 10.3 Å².